The van der Waals surface area contributed by atoms with Crippen molar-refractivity contribution in [1.82, 2.24) is 20.2 Å². The summed E-state index contributed by atoms with van der Waals surface area (Å²) < 4.78 is 0. The monoisotopic (exact) mass is 350 g/mol. The smallest absolute Gasteiger partial charge is 0.223 e. The van der Waals surface area contributed by atoms with E-state index in [1.807, 2.05) is 30.7 Å². The number of likely N-dealkylation sites (tertiary alicyclic amines) is 1. The molecule has 136 valence electrons. The maximum atomic E-state index is 12.9. The summed E-state index contributed by atoms with van der Waals surface area (Å²) in [6, 6.07) is 8.08. The van der Waals surface area contributed by atoms with Gasteiger partial charge in [-0.1, -0.05) is 12.5 Å². The van der Waals surface area contributed by atoms with Gasteiger partial charge in [-0.2, -0.15) is 0 Å². The third-order valence-corrected chi connectivity index (χ3v) is 6.03. The fourth-order valence-electron chi connectivity index (χ4n) is 4.72. The van der Waals surface area contributed by atoms with Crippen molar-refractivity contribution in [3.05, 3.63) is 60.2 Å². The van der Waals surface area contributed by atoms with Gasteiger partial charge in [0.25, 0.3) is 0 Å². The highest BCUT2D eigenvalue weighted by atomic mass is 16.1. The van der Waals surface area contributed by atoms with Gasteiger partial charge < -0.3 is 5.32 Å². The zero-order valence-corrected chi connectivity index (χ0v) is 15.1. The standard InChI is InChI=1S/C21H26N4O/c26-20(24-14-18-3-2-9-23-13-18)19-4-1-7-21(19)8-12-25(16-21)15-17-5-10-22-11-6-17/h2-3,5-6,9-11,13,19H,1,4,7-8,12,14-16H2,(H,24,26)/t19-,21-/m1/s1. The fraction of sp³-hybridized carbons (Fsp3) is 0.476. The Labute approximate surface area is 154 Å². The van der Waals surface area contributed by atoms with Gasteiger partial charge in [-0.3, -0.25) is 19.7 Å². The molecule has 2 aliphatic rings. The second-order valence-electron chi connectivity index (χ2n) is 7.70. The highest BCUT2D eigenvalue weighted by molar-refractivity contribution is 5.80. The Bertz CT molecular complexity index is 736. The van der Waals surface area contributed by atoms with E-state index in [1.165, 1.54) is 12.0 Å². The van der Waals surface area contributed by atoms with Crippen LogP contribution in [-0.4, -0.2) is 33.9 Å². The summed E-state index contributed by atoms with van der Waals surface area (Å²) in [5.41, 5.74) is 2.51. The first-order chi connectivity index (χ1) is 12.8. The van der Waals surface area contributed by atoms with Crippen LogP contribution < -0.4 is 5.32 Å². The van der Waals surface area contributed by atoms with Crippen LogP contribution in [0, 0.1) is 11.3 Å². The van der Waals surface area contributed by atoms with E-state index in [0.29, 0.717) is 6.54 Å². The lowest BCUT2D eigenvalue weighted by atomic mass is 9.76. The average molecular weight is 350 g/mol. The lowest BCUT2D eigenvalue weighted by molar-refractivity contribution is -0.128. The summed E-state index contributed by atoms with van der Waals surface area (Å²) >= 11 is 0. The molecule has 5 nitrogen and oxygen atoms in total. The summed E-state index contributed by atoms with van der Waals surface area (Å²) in [7, 11) is 0. The Morgan fingerprint density at radius 1 is 1.15 bits per heavy atom. The van der Waals surface area contributed by atoms with Crippen LogP contribution in [0.4, 0.5) is 0 Å². The van der Waals surface area contributed by atoms with Crippen molar-refractivity contribution in [1.29, 1.82) is 0 Å². The summed E-state index contributed by atoms with van der Waals surface area (Å²) in [5.74, 6) is 0.360. The topological polar surface area (TPSA) is 58.1 Å². The first-order valence-corrected chi connectivity index (χ1v) is 9.53. The second kappa shape index (κ2) is 7.54. The molecule has 1 amide bonds. The zero-order valence-electron chi connectivity index (χ0n) is 15.1. The first kappa shape index (κ1) is 17.2. The molecule has 0 radical (unpaired) electrons. The van der Waals surface area contributed by atoms with Gasteiger partial charge in [0.15, 0.2) is 0 Å². The van der Waals surface area contributed by atoms with Crippen LogP contribution >= 0.6 is 0 Å². The SMILES string of the molecule is O=C(NCc1cccnc1)[C@H]1CCC[C@]12CCN(Cc1ccncc1)C2. The van der Waals surface area contributed by atoms with E-state index >= 15 is 0 Å². The maximum absolute atomic E-state index is 12.9. The molecule has 2 fully saturated rings. The molecule has 2 atom stereocenters. The van der Waals surface area contributed by atoms with Crippen LogP contribution in [0.3, 0.4) is 0 Å². The molecular weight excluding hydrogens is 324 g/mol. The number of carbonyl (C=O) groups excluding carboxylic acids is 1. The van der Waals surface area contributed by atoms with Crippen LogP contribution in [0.15, 0.2) is 49.1 Å². The van der Waals surface area contributed by atoms with Crippen LogP contribution in [-0.2, 0) is 17.9 Å². The van der Waals surface area contributed by atoms with Crippen LogP contribution in [0.5, 0.6) is 0 Å². The van der Waals surface area contributed by atoms with E-state index < -0.39 is 0 Å². The van der Waals surface area contributed by atoms with Crippen molar-refractivity contribution < 1.29 is 4.79 Å². The Kier molecular flexibility index (Phi) is 4.98. The normalized spacial score (nSPS) is 25.6. The van der Waals surface area contributed by atoms with Gasteiger partial charge in [0.2, 0.25) is 5.91 Å². The lowest BCUT2D eigenvalue weighted by Crippen LogP contribution is -2.40. The molecule has 1 spiro atoms. The van der Waals surface area contributed by atoms with Gasteiger partial charge in [-0.15, -0.1) is 0 Å². The molecule has 2 aromatic heterocycles. The zero-order chi connectivity index (χ0) is 17.8. The average Bonchev–Trinajstić information content (AvgIpc) is 3.28. The van der Waals surface area contributed by atoms with E-state index in [4.69, 9.17) is 0 Å². The molecular formula is C21H26N4O. The summed E-state index contributed by atoms with van der Waals surface area (Å²) in [5, 5.41) is 3.15. The molecule has 0 unspecified atom stereocenters. The minimum atomic E-state index is 0.140. The minimum Gasteiger partial charge on any atom is -0.352 e. The van der Waals surface area contributed by atoms with E-state index in [9.17, 15) is 4.79 Å². The molecule has 0 aromatic carbocycles. The highest BCUT2D eigenvalue weighted by Gasteiger charge is 2.50. The Morgan fingerprint density at radius 2 is 2.04 bits per heavy atom. The summed E-state index contributed by atoms with van der Waals surface area (Å²) in [6.07, 6.45) is 11.8. The molecule has 0 bridgehead atoms. The van der Waals surface area contributed by atoms with Crippen LogP contribution in [0.25, 0.3) is 0 Å². The minimum absolute atomic E-state index is 0.140. The Hall–Kier alpha value is -2.27. The maximum Gasteiger partial charge on any atom is 0.223 e. The number of carbonyl (C=O) groups is 1. The van der Waals surface area contributed by atoms with E-state index in [2.05, 4.69) is 32.3 Å². The van der Waals surface area contributed by atoms with E-state index in [1.54, 1.807) is 6.20 Å². The molecule has 1 aliphatic heterocycles. The quantitative estimate of drug-likeness (QED) is 0.901. The molecule has 1 saturated carbocycles. The second-order valence-corrected chi connectivity index (χ2v) is 7.70. The number of nitrogens with zero attached hydrogens (tertiary/aromatic N) is 3. The first-order valence-electron chi connectivity index (χ1n) is 9.53. The summed E-state index contributed by atoms with van der Waals surface area (Å²) in [6.45, 7) is 3.63. The third kappa shape index (κ3) is 3.63. The molecule has 1 aliphatic carbocycles. The predicted octanol–water partition coefficient (Wildman–Crippen LogP) is 2.79. The molecule has 3 heterocycles. The van der Waals surface area contributed by atoms with Gasteiger partial charge in [0.05, 0.1) is 0 Å². The number of aromatic nitrogens is 2. The Balaban J connectivity index is 1.37. The largest absolute Gasteiger partial charge is 0.352 e. The predicted molar refractivity (Wildman–Crippen MR) is 100.0 cm³/mol. The van der Waals surface area contributed by atoms with Gasteiger partial charge in [-0.25, -0.2) is 0 Å². The number of hydrogen-bond acceptors (Lipinski definition) is 4. The third-order valence-electron chi connectivity index (χ3n) is 6.03. The van der Waals surface area contributed by atoms with E-state index in [0.717, 1.165) is 44.5 Å². The van der Waals surface area contributed by atoms with Gasteiger partial charge >= 0.3 is 0 Å². The lowest BCUT2D eigenvalue weighted by Gasteiger charge is -2.30. The van der Waals surface area contributed by atoms with Crippen molar-refractivity contribution >= 4 is 5.91 Å². The summed E-state index contributed by atoms with van der Waals surface area (Å²) in [4.78, 5) is 23.6. The number of nitrogens with one attached hydrogen (secondary N) is 1. The number of amides is 1. The van der Waals surface area contributed by atoms with Crippen LogP contribution in [0.2, 0.25) is 0 Å². The van der Waals surface area contributed by atoms with Gasteiger partial charge in [0.1, 0.15) is 0 Å². The number of rotatable bonds is 5. The van der Waals surface area contributed by atoms with Crippen molar-refractivity contribution in [3.63, 3.8) is 0 Å². The Morgan fingerprint density at radius 3 is 2.85 bits per heavy atom. The van der Waals surface area contributed by atoms with Crippen molar-refractivity contribution in [2.24, 2.45) is 11.3 Å². The molecule has 1 N–H and O–H groups in total. The van der Waals surface area contributed by atoms with Crippen molar-refractivity contribution in [2.45, 2.75) is 38.8 Å². The fourth-order valence-corrected chi connectivity index (χ4v) is 4.72. The molecule has 1 saturated heterocycles. The molecule has 5 heteroatoms. The van der Waals surface area contributed by atoms with E-state index in [-0.39, 0.29) is 17.2 Å². The van der Waals surface area contributed by atoms with Gasteiger partial charge in [-0.05, 0) is 60.5 Å². The highest BCUT2D eigenvalue weighted by Crippen LogP contribution is 2.50. The number of pyridine rings is 2. The van der Waals surface area contributed by atoms with Gasteiger partial charge in [0, 0.05) is 50.3 Å². The molecule has 4 rings (SSSR count). The van der Waals surface area contributed by atoms with Crippen LogP contribution in [0.1, 0.15) is 36.8 Å². The van der Waals surface area contributed by atoms with Crippen molar-refractivity contribution in [2.75, 3.05) is 13.1 Å². The molecule has 2 aromatic rings. The number of hydrogen-bond donors (Lipinski definition) is 1. The van der Waals surface area contributed by atoms with Crippen molar-refractivity contribution in [3.8, 4) is 0 Å². The molecule has 26 heavy (non-hydrogen) atoms.